The Hall–Kier alpha value is -3.46. The number of rotatable bonds is 8. The molecule has 0 bridgehead atoms. The summed E-state index contributed by atoms with van der Waals surface area (Å²) in [7, 11) is -4.06. The van der Waals surface area contributed by atoms with Gasteiger partial charge < -0.3 is 5.11 Å². The number of thiophene rings is 1. The number of aliphatic hydroxyl groups is 1. The van der Waals surface area contributed by atoms with Crippen molar-refractivity contribution in [1.29, 1.82) is 0 Å². The summed E-state index contributed by atoms with van der Waals surface area (Å²) in [5, 5.41) is 17.1. The highest BCUT2D eigenvalue weighted by atomic mass is 35.5. The molecule has 2 aliphatic rings. The Balaban J connectivity index is 1.43. The Bertz CT molecular complexity index is 2050. The van der Waals surface area contributed by atoms with Gasteiger partial charge in [0.25, 0.3) is 16.1 Å². The van der Waals surface area contributed by atoms with Crippen molar-refractivity contribution in [1.82, 2.24) is 29.2 Å². The first-order valence-corrected chi connectivity index (χ1v) is 18.7. The fourth-order valence-corrected chi connectivity index (χ4v) is 8.30. The topological polar surface area (TPSA) is 120 Å². The molecule has 0 spiro atoms. The number of piperidine rings is 1. The molecule has 3 N–H and O–H groups in total. The Morgan fingerprint density at radius 3 is 2.42 bits per heavy atom. The molecule has 2 aromatic carbocycles. The molecule has 17 heteroatoms. The summed E-state index contributed by atoms with van der Waals surface area (Å²) < 4.78 is 70.9. The van der Waals surface area contributed by atoms with Crippen molar-refractivity contribution >= 4 is 50.7 Å². The lowest BCUT2D eigenvalue weighted by molar-refractivity contribution is -0.137. The van der Waals surface area contributed by atoms with Crippen LogP contribution in [0.4, 0.5) is 13.2 Å². The van der Waals surface area contributed by atoms with Crippen LogP contribution in [0, 0.1) is 11.8 Å². The van der Waals surface area contributed by atoms with Gasteiger partial charge in [0.2, 0.25) is 0 Å². The van der Waals surface area contributed by atoms with Gasteiger partial charge in [0.05, 0.1) is 37.8 Å². The average Bonchev–Trinajstić information content (AvgIpc) is 3.82. The SMILES string of the molecule is O=C(NN1CCCCC1)c1nn(-c2ccc(Cl)cc2Cl)c(-c2ccc(C#Cc3ccc(C(F)(F)F)cc3)s2)c1CNS(=O)(=O)N1CC[C@H](O)C1. The molecule has 2 fully saturated rings. The van der Waals surface area contributed by atoms with E-state index in [4.69, 9.17) is 28.3 Å². The Labute approximate surface area is 300 Å². The highest BCUT2D eigenvalue weighted by Gasteiger charge is 2.33. The summed E-state index contributed by atoms with van der Waals surface area (Å²) in [5.74, 6) is 5.31. The molecule has 0 aliphatic carbocycles. The van der Waals surface area contributed by atoms with E-state index in [1.165, 1.54) is 34.2 Å². The summed E-state index contributed by atoms with van der Waals surface area (Å²) in [6.45, 7) is 1.04. The number of β-amino-alcohol motifs (C(OH)–C–C–N with tert-alkyl or cyclic N) is 1. The molecule has 2 aromatic heterocycles. The number of hydrogen-bond acceptors (Lipinski definition) is 7. The Morgan fingerprint density at radius 2 is 1.76 bits per heavy atom. The first-order chi connectivity index (χ1) is 23.8. The number of nitrogens with zero attached hydrogens (tertiary/aromatic N) is 4. The second kappa shape index (κ2) is 15.0. The minimum atomic E-state index is -4.46. The van der Waals surface area contributed by atoms with Gasteiger partial charge in [0.15, 0.2) is 5.69 Å². The smallest absolute Gasteiger partial charge is 0.392 e. The van der Waals surface area contributed by atoms with E-state index >= 15 is 0 Å². The molecular formula is C33H31Cl2F3N6O4S2. The fraction of sp³-hybridized carbons (Fsp3) is 0.333. The summed E-state index contributed by atoms with van der Waals surface area (Å²) in [4.78, 5) is 15.0. The maximum atomic E-state index is 13.9. The summed E-state index contributed by atoms with van der Waals surface area (Å²) in [5.41, 5.74) is 3.49. The Kier molecular flexibility index (Phi) is 10.9. The van der Waals surface area contributed by atoms with E-state index < -0.39 is 34.0 Å². The monoisotopic (exact) mass is 766 g/mol. The molecule has 4 heterocycles. The van der Waals surface area contributed by atoms with Crippen molar-refractivity contribution in [3.63, 3.8) is 0 Å². The Morgan fingerprint density at radius 1 is 1.02 bits per heavy atom. The first kappa shape index (κ1) is 36.3. The molecule has 0 radical (unpaired) electrons. The van der Waals surface area contributed by atoms with Gasteiger partial charge in [-0.15, -0.1) is 11.3 Å². The molecule has 2 saturated heterocycles. The molecule has 6 rings (SSSR count). The standard InChI is InChI=1S/C33H31Cl2F3N6O4S2/c34-23-9-12-28(27(35)18-23)44-31(29-13-11-25(49-29)10-6-21-4-7-22(8-5-21)33(36,37)38)26(19-39-50(47,48)43-17-14-24(45)20-43)30(40-44)32(46)41-42-15-2-1-3-16-42/h4-5,7-9,11-13,18,24,39,45H,1-3,14-17,19-20H2,(H,41,46)/t24-/m0/s1. The third-order valence-electron chi connectivity index (χ3n) is 8.23. The number of aliphatic hydroxyl groups excluding tert-OH is 1. The summed E-state index contributed by atoms with van der Waals surface area (Å²) in [6, 6.07) is 12.7. The number of carbonyl (C=O) groups is 1. The highest BCUT2D eigenvalue weighted by Crippen LogP contribution is 2.37. The average molecular weight is 768 g/mol. The van der Waals surface area contributed by atoms with Crippen LogP contribution in [0.1, 0.15) is 57.7 Å². The second-order valence-corrected chi connectivity index (χ2v) is 15.5. The number of benzene rings is 2. The molecule has 264 valence electrons. The lowest BCUT2D eigenvalue weighted by Gasteiger charge is -2.26. The van der Waals surface area contributed by atoms with E-state index in [-0.39, 0.29) is 35.9 Å². The van der Waals surface area contributed by atoms with Gasteiger partial charge in [-0.25, -0.2) is 9.69 Å². The predicted octanol–water partition coefficient (Wildman–Crippen LogP) is 5.86. The minimum absolute atomic E-state index is 0.0356. The van der Waals surface area contributed by atoms with Gasteiger partial charge in [-0.3, -0.25) is 10.2 Å². The molecule has 0 unspecified atom stereocenters. The first-order valence-electron chi connectivity index (χ1n) is 15.6. The number of amides is 1. The number of hydrazine groups is 1. The quantitative estimate of drug-likeness (QED) is 0.194. The summed E-state index contributed by atoms with van der Waals surface area (Å²) in [6.07, 6.45) is -2.10. The van der Waals surface area contributed by atoms with Gasteiger partial charge in [0, 0.05) is 48.9 Å². The lowest BCUT2D eigenvalue weighted by Crippen LogP contribution is -2.45. The van der Waals surface area contributed by atoms with Crippen molar-refractivity contribution in [2.24, 2.45) is 0 Å². The predicted molar refractivity (Wildman–Crippen MR) is 185 cm³/mol. The zero-order valence-corrected chi connectivity index (χ0v) is 29.4. The van der Waals surface area contributed by atoms with E-state index in [9.17, 15) is 31.5 Å². The van der Waals surface area contributed by atoms with Crippen LogP contribution in [0.25, 0.3) is 16.3 Å². The molecule has 0 saturated carbocycles. The minimum Gasteiger partial charge on any atom is -0.392 e. The zero-order chi connectivity index (χ0) is 35.6. The van der Waals surface area contributed by atoms with Gasteiger partial charge in [-0.05, 0) is 73.9 Å². The lowest BCUT2D eigenvalue weighted by atomic mass is 10.1. The number of nitrogens with one attached hydrogen (secondary N) is 2. The highest BCUT2D eigenvalue weighted by molar-refractivity contribution is 7.87. The van der Waals surface area contributed by atoms with E-state index in [1.807, 2.05) is 0 Å². The largest absolute Gasteiger partial charge is 0.416 e. The molecule has 1 atom stereocenters. The third-order valence-corrected chi connectivity index (χ3v) is 11.3. The number of aromatic nitrogens is 2. The molecule has 1 amide bonds. The second-order valence-electron chi connectivity index (χ2n) is 11.8. The molecule has 4 aromatic rings. The summed E-state index contributed by atoms with van der Waals surface area (Å²) >= 11 is 14.1. The van der Waals surface area contributed by atoms with Crippen molar-refractivity contribution in [3.8, 4) is 28.1 Å². The molecule has 10 nitrogen and oxygen atoms in total. The maximum absolute atomic E-state index is 13.9. The van der Waals surface area contributed by atoms with Crippen molar-refractivity contribution in [2.75, 3.05) is 26.2 Å². The van der Waals surface area contributed by atoms with Gasteiger partial charge >= 0.3 is 6.18 Å². The molecule has 2 aliphatic heterocycles. The normalized spacial score (nSPS) is 17.4. The maximum Gasteiger partial charge on any atom is 0.416 e. The van der Waals surface area contributed by atoms with Crippen molar-refractivity contribution in [2.45, 2.75) is 44.5 Å². The molecular weight excluding hydrogens is 736 g/mol. The van der Waals surface area contributed by atoms with Crippen molar-refractivity contribution in [3.05, 3.63) is 91.9 Å². The van der Waals surface area contributed by atoms with Crippen LogP contribution in [0.15, 0.2) is 54.6 Å². The van der Waals surface area contributed by atoms with Crippen LogP contribution < -0.4 is 10.1 Å². The van der Waals surface area contributed by atoms with E-state index in [0.29, 0.717) is 51.2 Å². The van der Waals surface area contributed by atoms with Gasteiger partial charge in [0.1, 0.15) is 0 Å². The van der Waals surface area contributed by atoms with Crippen LogP contribution in [0.5, 0.6) is 0 Å². The van der Waals surface area contributed by atoms with Gasteiger partial charge in [-0.2, -0.15) is 35.7 Å². The van der Waals surface area contributed by atoms with Crippen molar-refractivity contribution < 1.29 is 31.5 Å². The number of carbonyl (C=O) groups excluding carboxylic acids is 1. The van der Waals surface area contributed by atoms with E-state index in [1.54, 1.807) is 29.3 Å². The third kappa shape index (κ3) is 8.35. The van der Waals surface area contributed by atoms with Crippen LogP contribution in [-0.2, 0) is 22.9 Å². The number of hydrogen-bond donors (Lipinski definition) is 3. The molecule has 50 heavy (non-hydrogen) atoms. The van der Waals surface area contributed by atoms with Crippen LogP contribution in [0.2, 0.25) is 10.0 Å². The van der Waals surface area contributed by atoms with E-state index in [0.717, 1.165) is 35.7 Å². The van der Waals surface area contributed by atoms with Crippen LogP contribution in [0.3, 0.4) is 0 Å². The van der Waals surface area contributed by atoms with Crippen LogP contribution >= 0.6 is 34.5 Å². The zero-order valence-electron chi connectivity index (χ0n) is 26.3. The number of halogens is 5. The van der Waals surface area contributed by atoms with Crippen LogP contribution in [-0.4, -0.2) is 70.8 Å². The number of alkyl halides is 3. The fourth-order valence-electron chi connectivity index (χ4n) is 5.68. The van der Waals surface area contributed by atoms with E-state index in [2.05, 4.69) is 22.0 Å². The van der Waals surface area contributed by atoms with Gasteiger partial charge in [-0.1, -0.05) is 41.5 Å².